The maximum atomic E-state index is 10.8. The van der Waals surface area contributed by atoms with Crippen molar-refractivity contribution in [1.29, 1.82) is 0 Å². The molecule has 1 aromatic rings. The molecule has 0 amide bonds. The second-order valence-electron chi connectivity index (χ2n) is 2.78. The summed E-state index contributed by atoms with van der Waals surface area (Å²) in [7, 11) is 0. The van der Waals surface area contributed by atoms with Gasteiger partial charge in [-0.15, -0.1) is 0 Å². The van der Waals surface area contributed by atoms with Gasteiger partial charge in [0.05, 0.1) is 0 Å². The predicted molar refractivity (Wildman–Crippen MR) is 56.3 cm³/mol. The fourth-order valence-electron chi connectivity index (χ4n) is 0.990. The Balaban J connectivity index is 2.65. The van der Waals surface area contributed by atoms with Crippen LogP contribution in [0.4, 0.5) is 0 Å². The van der Waals surface area contributed by atoms with E-state index in [9.17, 15) is 4.79 Å². The summed E-state index contributed by atoms with van der Waals surface area (Å²) in [6, 6.07) is 10.3. The molecule has 2 heteroatoms. The molecule has 0 spiro atoms. The van der Waals surface area contributed by atoms with E-state index < -0.39 is 0 Å². The first-order valence-corrected chi connectivity index (χ1v) is 6.43. The van der Waals surface area contributed by atoms with Gasteiger partial charge in [-0.2, -0.15) is 0 Å². The van der Waals surface area contributed by atoms with Crippen molar-refractivity contribution >= 4 is 30.3 Å². The van der Waals surface area contributed by atoms with Crippen LogP contribution in [0.1, 0.15) is 13.8 Å². The molecule has 0 aliphatic heterocycles. The van der Waals surface area contributed by atoms with E-state index in [4.69, 9.17) is 0 Å². The second-order valence-corrected chi connectivity index (χ2v) is 6.55. The molecule has 0 aliphatic carbocycles. The van der Waals surface area contributed by atoms with Gasteiger partial charge in [0.1, 0.15) is 0 Å². The molecule has 0 saturated heterocycles. The summed E-state index contributed by atoms with van der Waals surface area (Å²) < 4.78 is 2.62. The minimum absolute atomic E-state index is 0.151. The van der Waals surface area contributed by atoms with Crippen LogP contribution in [0.3, 0.4) is 0 Å². The van der Waals surface area contributed by atoms with Crippen LogP contribution in [0.5, 0.6) is 0 Å². The van der Waals surface area contributed by atoms with Crippen molar-refractivity contribution in [3.63, 3.8) is 0 Å². The maximum absolute atomic E-state index is 10.8. The first-order valence-electron chi connectivity index (χ1n) is 4.10. The van der Waals surface area contributed by atoms with Crippen LogP contribution in [0.2, 0.25) is 0 Å². The Morgan fingerprint density at radius 2 is 1.85 bits per heavy atom. The Hall–Kier alpha value is -0.580. The van der Waals surface area contributed by atoms with Crippen LogP contribution < -0.4 is 3.61 Å². The zero-order chi connectivity index (χ0) is 9.68. The fourth-order valence-corrected chi connectivity index (χ4v) is 3.53. The Morgan fingerprint density at radius 1 is 1.23 bits per heavy atom. The normalized spacial score (nSPS) is 11.4. The molecule has 0 unspecified atom stereocenters. The van der Waals surface area contributed by atoms with E-state index in [0.717, 1.165) is 0 Å². The van der Waals surface area contributed by atoms with Crippen molar-refractivity contribution < 1.29 is 4.79 Å². The van der Waals surface area contributed by atoms with Crippen molar-refractivity contribution in [2.75, 3.05) is 0 Å². The van der Waals surface area contributed by atoms with E-state index in [2.05, 4.69) is 12.1 Å². The molecule has 0 radical (unpaired) electrons. The third-order valence-corrected chi connectivity index (χ3v) is 4.13. The summed E-state index contributed by atoms with van der Waals surface area (Å²) in [5, 5.41) is 0. The van der Waals surface area contributed by atoms with E-state index in [0.29, 0.717) is 0 Å². The van der Waals surface area contributed by atoms with Crippen LogP contribution in [-0.4, -0.2) is 26.7 Å². The predicted octanol–water partition coefficient (Wildman–Crippen LogP) is 1.51. The molecular weight excluding hydrogens is 276 g/mol. The average molecular weight is 288 g/mol. The number of allylic oxidation sites excluding steroid dienone is 2. The first kappa shape index (κ1) is 10.5. The van der Waals surface area contributed by atoms with E-state index in [1.165, 1.54) is 7.23 Å². The minimum atomic E-state index is -0.309. The van der Waals surface area contributed by atoms with E-state index in [1.54, 1.807) is 13.0 Å². The van der Waals surface area contributed by atoms with Gasteiger partial charge in [-0.1, -0.05) is 0 Å². The molecule has 1 nitrogen and oxygen atoms in total. The molecule has 1 rings (SSSR count). The summed E-state index contributed by atoms with van der Waals surface area (Å²) >= 11 is -0.309. The quantitative estimate of drug-likeness (QED) is 0.608. The van der Waals surface area contributed by atoms with Gasteiger partial charge in [0, 0.05) is 0 Å². The van der Waals surface area contributed by atoms with Crippen LogP contribution >= 0.6 is 0 Å². The second kappa shape index (κ2) is 5.21. The first-order chi connectivity index (χ1) is 6.18. The number of hydrogen-bond acceptors (Lipinski definition) is 1. The zero-order valence-electron chi connectivity index (χ0n) is 7.78. The topological polar surface area (TPSA) is 17.1 Å². The van der Waals surface area contributed by atoms with Crippen molar-refractivity contribution in [2.45, 2.75) is 13.8 Å². The average Bonchev–Trinajstić information content (AvgIpc) is 2.04. The monoisotopic (exact) mass is 290 g/mol. The summed E-state index contributed by atoms with van der Waals surface area (Å²) in [4.78, 5) is 10.8. The molecule has 13 heavy (non-hydrogen) atoms. The molecule has 0 aromatic heterocycles. The Bertz CT molecular complexity index is 314. The van der Waals surface area contributed by atoms with Gasteiger partial charge < -0.3 is 0 Å². The van der Waals surface area contributed by atoms with Crippen LogP contribution in [0.25, 0.3) is 0 Å². The Morgan fingerprint density at radius 3 is 2.38 bits per heavy atom. The number of rotatable bonds is 3. The number of ketones is 1. The van der Waals surface area contributed by atoms with Crippen LogP contribution in [0, 0.1) is 0 Å². The van der Waals surface area contributed by atoms with Gasteiger partial charge in [0.25, 0.3) is 0 Å². The van der Waals surface area contributed by atoms with E-state index >= 15 is 0 Å². The number of carbonyl (C=O) groups is 1. The molecule has 0 heterocycles. The van der Waals surface area contributed by atoms with Gasteiger partial charge >= 0.3 is 89.0 Å². The summed E-state index contributed by atoms with van der Waals surface area (Å²) in [6.07, 6.45) is 1.75. The number of hydrogen-bond donors (Lipinski definition) is 0. The van der Waals surface area contributed by atoms with Crippen molar-refractivity contribution in [1.82, 2.24) is 0 Å². The summed E-state index contributed by atoms with van der Waals surface area (Å²) in [6.45, 7) is 3.64. The number of carbonyl (C=O) groups excluding carboxylic acids is 1. The van der Waals surface area contributed by atoms with E-state index in [1.807, 2.05) is 25.1 Å². The van der Waals surface area contributed by atoms with Gasteiger partial charge in [0.2, 0.25) is 0 Å². The van der Waals surface area contributed by atoms with Crippen molar-refractivity contribution in [2.24, 2.45) is 0 Å². The van der Waals surface area contributed by atoms with Crippen molar-refractivity contribution in [3.05, 3.63) is 40.0 Å². The molecule has 1 aromatic carbocycles. The molecule has 0 bridgehead atoms. The van der Waals surface area contributed by atoms with Gasteiger partial charge in [0.15, 0.2) is 0 Å². The summed E-state index contributed by atoms with van der Waals surface area (Å²) in [5.74, 6) is 0.151. The molecule has 68 valence electrons. The van der Waals surface area contributed by atoms with Crippen LogP contribution in [-0.2, 0) is 4.79 Å². The molecule has 0 aliphatic rings. The van der Waals surface area contributed by atoms with Crippen molar-refractivity contribution in [3.8, 4) is 0 Å². The Labute approximate surface area is 88.9 Å². The SMILES string of the molecule is CC(=O)C=C(C)[Te]c1ccccc1. The van der Waals surface area contributed by atoms with Gasteiger partial charge in [-0.05, 0) is 0 Å². The third-order valence-electron chi connectivity index (χ3n) is 1.43. The van der Waals surface area contributed by atoms with Gasteiger partial charge in [-0.3, -0.25) is 0 Å². The standard InChI is InChI=1S/C11H12OTe/c1-9(12)8-10(2)13-11-6-4-3-5-7-11/h3-8H,1-2H3. The zero-order valence-corrected chi connectivity index (χ0v) is 10.1. The van der Waals surface area contributed by atoms with Crippen LogP contribution in [0.15, 0.2) is 40.0 Å². The van der Waals surface area contributed by atoms with E-state index in [-0.39, 0.29) is 26.7 Å². The summed E-state index contributed by atoms with van der Waals surface area (Å²) in [5.41, 5.74) is 0. The molecule has 0 fully saturated rings. The molecule has 0 atom stereocenters. The molecule has 0 N–H and O–H groups in total. The molecule has 0 saturated carbocycles. The molecular formula is C11H12OTe. The Kier molecular flexibility index (Phi) is 4.21. The third kappa shape index (κ3) is 4.26. The number of benzene rings is 1. The fraction of sp³-hybridized carbons (Fsp3) is 0.182. The van der Waals surface area contributed by atoms with Gasteiger partial charge in [-0.25, -0.2) is 0 Å².